The summed E-state index contributed by atoms with van der Waals surface area (Å²) in [5.74, 6) is -1.77. The molecule has 1 aliphatic heterocycles. The third kappa shape index (κ3) is 1.56. The van der Waals surface area contributed by atoms with Gasteiger partial charge in [0.25, 0.3) is 0 Å². The van der Waals surface area contributed by atoms with Crippen LogP contribution in [0.3, 0.4) is 0 Å². The van der Waals surface area contributed by atoms with Crippen molar-refractivity contribution in [3.8, 4) is 0 Å². The van der Waals surface area contributed by atoms with Gasteiger partial charge in [-0.2, -0.15) is 0 Å². The summed E-state index contributed by atoms with van der Waals surface area (Å²) < 4.78 is 5.17. The van der Waals surface area contributed by atoms with Gasteiger partial charge in [-0.1, -0.05) is 19.9 Å². The Morgan fingerprint density at radius 2 is 2.11 bits per heavy atom. The normalized spacial score (nSPS) is 45.1. The summed E-state index contributed by atoms with van der Waals surface area (Å²) in [5, 5.41) is 10.6. The topological polar surface area (TPSA) is 63.6 Å². The molecule has 102 valence electrons. The van der Waals surface area contributed by atoms with E-state index in [0.29, 0.717) is 24.0 Å². The van der Waals surface area contributed by atoms with Gasteiger partial charge in [0, 0.05) is 23.5 Å². The average Bonchev–Trinajstić information content (AvgIpc) is 2.53. The maximum Gasteiger partial charge on any atom is 0.336 e. The summed E-state index contributed by atoms with van der Waals surface area (Å²) in [7, 11) is 0. The lowest BCUT2D eigenvalue weighted by molar-refractivity contribution is -0.201. The number of fused-ring (bicyclic) bond motifs is 2. The Bertz CT molecular complexity index is 544. The fourth-order valence-electron chi connectivity index (χ4n) is 3.82. The zero-order valence-electron chi connectivity index (χ0n) is 11.4. The number of aliphatic hydroxyl groups is 1. The van der Waals surface area contributed by atoms with Gasteiger partial charge in [-0.25, -0.2) is 4.79 Å². The van der Waals surface area contributed by atoms with E-state index in [-0.39, 0.29) is 23.0 Å². The van der Waals surface area contributed by atoms with Crippen LogP contribution in [-0.2, 0) is 14.3 Å². The minimum Gasteiger partial charge on any atom is -0.426 e. The first kappa shape index (κ1) is 12.6. The van der Waals surface area contributed by atoms with E-state index in [9.17, 15) is 14.7 Å². The van der Waals surface area contributed by atoms with E-state index in [4.69, 9.17) is 4.74 Å². The van der Waals surface area contributed by atoms with Crippen LogP contribution < -0.4 is 0 Å². The first-order valence-corrected chi connectivity index (χ1v) is 6.66. The number of hydrogen-bond donors (Lipinski definition) is 1. The van der Waals surface area contributed by atoms with Crippen molar-refractivity contribution >= 4 is 11.8 Å². The molecule has 3 rings (SSSR count). The molecule has 19 heavy (non-hydrogen) atoms. The Balaban J connectivity index is 2.08. The van der Waals surface area contributed by atoms with Crippen molar-refractivity contribution in [3.63, 3.8) is 0 Å². The second-order valence-corrected chi connectivity index (χ2v) is 6.30. The number of carbonyl (C=O) groups excluding carboxylic acids is 2. The van der Waals surface area contributed by atoms with Gasteiger partial charge in [0.2, 0.25) is 5.79 Å². The summed E-state index contributed by atoms with van der Waals surface area (Å²) in [6.07, 6.45) is 4.35. The third-order valence-corrected chi connectivity index (χ3v) is 5.06. The highest BCUT2D eigenvalue weighted by Crippen LogP contribution is 2.56. The predicted octanol–water partition coefficient (Wildman–Crippen LogP) is 1.74. The lowest BCUT2D eigenvalue weighted by Gasteiger charge is -2.49. The fraction of sp³-hybridized carbons (Fsp3) is 0.600. The summed E-state index contributed by atoms with van der Waals surface area (Å²) in [6.45, 7) is 5.63. The van der Waals surface area contributed by atoms with Gasteiger partial charge in [0.15, 0.2) is 5.78 Å². The van der Waals surface area contributed by atoms with Crippen LogP contribution >= 0.6 is 0 Å². The molecule has 1 fully saturated rings. The Morgan fingerprint density at radius 3 is 2.79 bits per heavy atom. The molecule has 1 N–H and O–H groups in total. The maximum absolute atomic E-state index is 11.8. The molecular formula is C15H18O4. The van der Waals surface area contributed by atoms with Gasteiger partial charge in [0.05, 0.1) is 0 Å². The first-order valence-electron chi connectivity index (χ1n) is 6.66. The Kier molecular flexibility index (Phi) is 2.37. The first-order chi connectivity index (χ1) is 8.77. The number of allylic oxidation sites excluding steroid dienone is 2. The Morgan fingerprint density at radius 1 is 1.42 bits per heavy atom. The number of ketones is 1. The lowest BCUT2D eigenvalue weighted by atomic mass is 9.57. The number of esters is 1. The van der Waals surface area contributed by atoms with Crippen molar-refractivity contribution in [3.05, 3.63) is 23.3 Å². The van der Waals surface area contributed by atoms with Crippen LogP contribution in [0.1, 0.15) is 33.6 Å². The summed E-state index contributed by atoms with van der Waals surface area (Å²) in [5.41, 5.74) is 0.852. The number of hydrogen-bond acceptors (Lipinski definition) is 4. The molecule has 0 bridgehead atoms. The van der Waals surface area contributed by atoms with Crippen molar-refractivity contribution in [1.29, 1.82) is 0 Å². The van der Waals surface area contributed by atoms with Crippen LogP contribution in [-0.4, -0.2) is 22.6 Å². The summed E-state index contributed by atoms with van der Waals surface area (Å²) in [4.78, 5) is 23.5. The SMILES string of the molecule is CC1=C2CC3C(C)C(=O)C=CC3(C)CC2(O)OC1=O. The molecule has 2 aliphatic carbocycles. The van der Waals surface area contributed by atoms with Crippen molar-refractivity contribution in [1.82, 2.24) is 0 Å². The quantitative estimate of drug-likeness (QED) is 0.675. The molecule has 4 unspecified atom stereocenters. The molecular weight excluding hydrogens is 244 g/mol. The zero-order chi connectivity index (χ0) is 14.0. The fourth-order valence-corrected chi connectivity index (χ4v) is 3.82. The second-order valence-electron chi connectivity index (χ2n) is 6.30. The van der Waals surface area contributed by atoms with E-state index in [1.165, 1.54) is 0 Å². The number of rotatable bonds is 0. The van der Waals surface area contributed by atoms with E-state index in [1.807, 2.05) is 19.9 Å². The molecule has 0 aromatic carbocycles. The van der Waals surface area contributed by atoms with Gasteiger partial charge in [0.1, 0.15) is 0 Å². The van der Waals surface area contributed by atoms with Gasteiger partial charge in [-0.3, -0.25) is 4.79 Å². The Labute approximate surface area is 112 Å². The molecule has 3 aliphatic rings. The Hall–Kier alpha value is -1.42. The molecule has 0 spiro atoms. The van der Waals surface area contributed by atoms with E-state index in [0.717, 1.165) is 0 Å². The van der Waals surface area contributed by atoms with Crippen LogP contribution in [0.25, 0.3) is 0 Å². The predicted molar refractivity (Wildman–Crippen MR) is 67.9 cm³/mol. The van der Waals surface area contributed by atoms with Gasteiger partial charge in [-0.15, -0.1) is 0 Å². The van der Waals surface area contributed by atoms with Crippen LogP contribution in [0.5, 0.6) is 0 Å². The highest BCUT2D eigenvalue weighted by atomic mass is 16.7. The van der Waals surface area contributed by atoms with Gasteiger partial charge < -0.3 is 9.84 Å². The smallest absolute Gasteiger partial charge is 0.336 e. The summed E-state index contributed by atoms with van der Waals surface area (Å²) in [6, 6.07) is 0. The molecule has 4 nitrogen and oxygen atoms in total. The minimum absolute atomic E-state index is 0.0875. The minimum atomic E-state index is -1.48. The molecule has 0 aromatic rings. The maximum atomic E-state index is 11.8. The largest absolute Gasteiger partial charge is 0.426 e. The number of carbonyl (C=O) groups is 2. The number of ether oxygens (including phenoxy) is 1. The van der Waals surface area contributed by atoms with Crippen molar-refractivity contribution in [2.75, 3.05) is 0 Å². The molecule has 0 aromatic heterocycles. The van der Waals surface area contributed by atoms with Crippen LogP contribution in [0.15, 0.2) is 23.3 Å². The highest BCUT2D eigenvalue weighted by Gasteiger charge is 2.57. The van der Waals surface area contributed by atoms with Gasteiger partial charge >= 0.3 is 5.97 Å². The molecule has 4 atom stereocenters. The van der Waals surface area contributed by atoms with E-state index in [2.05, 4.69) is 0 Å². The van der Waals surface area contributed by atoms with Crippen molar-refractivity contribution in [2.45, 2.75) is 39.4 Å². The molecule has 0 amide bonds. The van der Waals surface area contributed by atoms with Gasteiger partial charge in [-0.05, 0) is 30.8 Å². The third-order valence-electron chi connectivity index (χ3n) is 5.06. The van der Waals surface area contributed by atoms with Crippen LogP contribution in [0.4, 0.5) is 0 Å². The molecule has 0 saturated heterocycles. The average molecular weight is 262 g/mol. The van der Waals surface area contributed by atoms with E-state index >= 15 is 0 Å². The van der Waals surface area contributed by atoms with E-state index < -0.39 is 11.8 Å². The standard InChI is InChI=1S/C15H18O4/c1-8-10-6-11-9(2)13(17)19-15(11,18)7-14(10,3)5-4-12(8)16/h4-5,8,10,18H,6-7H2,1-3H3. The molecule has 1 heterocycles. The molecule has 4 heteroatoms. The highest BCUT2D eigenvalue weighted by molar-refractivity contribution is 5.94. The molecule has 0 radical (unpaired) electrons. The van der Waals surface area contributed by atoms with Crippen molar-refractivity contribution < 1.29 is 19.4 Å². The summed E-state index contributed by atoms with van der Waals surface area (Å²) >= 11 is 0. The van der Waals surface area contributed by atoms with Crippen molar-refractivity contribution in [2.24, 2.45) is 17.3 Å². The zero-order valence-corrected chi connectivity index (χ0v) is 11.4. The molecule has 1 saturated carbocycles. The monoisotopic (exact) mass is 262 g/mol. The lowest BCUT2D eigenvalue weighted by Crippen LogP contribution is -2.50. The van der Waals surface area contributed by atoms with E-state index in [1.54, 1.807) is 13.0 Å². The van der Waals surface area contributed by atoms with Crippen LogP contribution in [0, 0.1) is 17.3 Å². The second kappa shape index (κ2) is 3.57. The van der Waals surface area contributed by atoms with Crippen LogP contribution in [0.2, 0.25) is 0 Å².